The molecule has 2 aliphatic rings. The van der Waals surface area contributed by atoms with Gasteiger partial charge >= 0.3 is 5.97 Å². The monoisotopic (exact) mass is 520 g/mol. The van der Waals surface area contributed by atoms with Gasteiger partial charge in [-0.05, 0) is 90.6 Å². The third kappa shape index (κ3) is 5.99. The molecule has 1 saturated carbocycles. The van der Waals surface area contributed by atoms with Crippen LogP contribution in [0.2, 0.25) is 0 Å². The van der Waals surface area contributed by atoms with Crippen molar-refractivity contribution in [2.45, 2.75) is 45.1 Å². The number of carboxylic acid groups (broad SMARTS) is 1. The van der Waals surface area contributed by atoms with Gasteiger partial charge in [0, 0.05) is 17.4 Å². The van der Waals surface area contributed by atoms with Gasteiger partial charge in [0.05, 0.1) is 18.3 Å². The summed E-state index contributed by atoms with van der Waals surface area (Å²) < 4.78 is 34.6. The fourth-order valence-electron chi connectivity index (χ4n) is 5.18. The second kappa shape index (κ2) is 10.2. The van der Waals surface area contributed by atoms with E-state index in [9.17, 15) is 13.2 Å². The van der Waals surface area contributed by atoms with Gasteiger partial charge in [0.1, 0.15) is 27.9 Å². The Bertz CT molecular complexity index is 1430. The summed E-state index contributed by atoms with van der Waals surface area (Å²) in [7, 11) is -2.99. The lowest BCUT2D eigenvalue weighted by molar-refractivity contribution is -0.138. The summed E-state index contributed by atoms with van der Waals surface area (Å²) in [6.45, 7) is 2.90. The van der Waals surface area contributed by atoms with E-state index in [1.807, 2.05) is 18.2 Å². The lowest BCUT2D eigenvalue weighted by atomic mass is 9.90. The van der Waals surface area contributed by atoms with E-state index in [1.165, 1.54) is 22.9 Å². The maximum absolute atomic E-state index is 11.3. The van der Waals surface area contributed by atoms with Gasteiger partial charge < -0.3 is 14.6 Å². The number of aryl methyl sites for hydroxylation is 3. The van der Waals surface area contributed by atoms with Crippen molar-refractivity contribution in [3.8, 4) is 22.6 Å². The molecule has 1 fully saturated rings. The lowest BCUT2D eigenvalue weighted by Crippen LogP contribution is -2.10. The molecule has 0 saturated heterocycles. The minimum absolute atomic E-state index is 0.117. The quantitative estimate of drug-likeness (QED) is 0.363. The van der Waals surface area contributed by atoms with Crippen LogP contribution in [0.1, 0.15) is 46.6 Å². The fourth-order valence-corrected chi connectivity index (χ4v) is 5.83. The van der Waals surface area contributed by atoms with Crippen molar-refractivity contribution in [1.82, 2.24) is 0 Å². The molecule has 6 nitrogen and oxygen atoms in total. The van der Waals surface area contributed by atoms with Gasteiger partial charge in [-0.2, -0.15) is 0 Å². The van der Waals surface area contributed by atoms with Crippen molar-refractivity contribution in [3.63, 3.8) is 0 Å². The van der Waals surface area contributed by atoms with Crippen LogP contribution in [0.15, 0.2) is 54.6 Å². The molecule has 0 unspecified atom stereocenters. The molecule has 0 bridgehead atoms. The number of benzene rings is 3. The average Bonchev–Trinajstić information content (AvgIpc) is 3.66. The fraction of sp³-hybridized carbons (Fsp3) is 0.367. The Kier molecular flexibility index (Phi) is 6.99. The zero-order valence-corrected chi connectivity index (χ0v) is 22.0. The van der Waals surface area contributed by atoms with Gasteiger partial charge in [0.2, 0.25) is 0 Å². The third-order valence-electron chi connectivity index (χ3n) is 7.23. The first-order valence-corrected chi connectivity index (χ1v) is 14.8. The molecule has 37 heavy (non-hydrogen) atoms. The van der Waals surface area contributed by atoms with Crippen LogP contribution in [0.5, 0.6) is 11.5 Å². The van der Waals surface area contributed by atoms with E-state index in [-0.39, 0.29) is 17.6 Å². The van der Waals surface area contributed by atoms with Crippen LogP contribution in [0.25, 0.3) is 11.1 Å². The Morgan fingerprint density at radius 2 is 1.78 bits per heavy atom. The van der Waals surface area contributed by atoms with E-state index in [1.54, 1.807) is 0 Å². The van der Waals surface area contributed by atoms with Crippen molar-refractivity contribution in [3.05, 3.63) is 82.4 Å². The van der Waals surface area contributed by atoms with Crippen molar-refractivity contribution in [2.24, 2.45) is 5.92 Å². The number of sulfone groups is 1. The summed E-state index contributed by atoms with van der Waals surface area (Å²) in [5.41, 5.74) is 8.02. The Morgan fingerprint density at radius 1 is 1.05 bits per heavy atom. The van der Waals surface area contributed by atoms with E-state index < -0.39 is 15.8 Å². The summed E-state index contributed by atoms with van der Waals surface area (Å²) in [4.78, 5) is 11.1. The van der Waals surface area contributed by atoms with Crippen molar-refractivity contribution in [1.29, 1.82) is 0 Å². The van der Waals surface area contributed by atoms with Crippen LogP contribution in [0, 0.1) is 12.8 Å². The van der Waals surface area contributed by atoms with E-state index in [0.29, 0.717) is 19.6 Å². The Labute approximate surface area is 218 Å². The van der Waals surface area contributed by atoms with Gasteiger partial charge in [-0.3, -0.25) is 4.79 Å². The summed E-state index contributed by atoms with van der Waals surface area (Å²) >= 11 is 0. The van der Waals surface area contributed by atoms with Crippen molar-refractivity contribution >= 4 is 15.8 Å². The highest BCUT2D eigenvalue weighted by molar-refractivity contribution is 7.90. The molecule has 0 radical (unpaired) electrons. The predicted molar refractivity (Wildman–Crippen MR) is 143 cm³/mol. The predicted octanol–water partition coefficient (Wildman–Crippen LogP) is 5.34. The second-order valence-corrected chi connectivity index (χ2v) is 12.5. The zero-order valence-electron chi connectivity index (χ0n) is 21.2. The lowest BCUT2D eigenvalue weighted by Gasteiger charge is -2.24. The van der Waals surface area contributed by atoms with Crippen molar-refractivity contribution in [2.75, 3.05) is 18.6 Å². The van der Waals surface area contributed by atoms with Crippen LogP contribution in [0.3, 0.4) is 0 Å². The molecule has 7 heteroatoms. The highest BCUT2D eigenvalue weighted by Crippen LogP contribution is 2.47. The largest absolute Gasteiger partial charge is 0.494 e. The molecule has 0 aromatic heterocycles. The van der Waals surface area contributed by atoms with E-state index in [4.69, 9.17) is 14.6 Å². The topological polar surface area (TPSA) is 89.9 Å². The second-order valence-electron chi connectivity index (χ2n) is 10.3. The minimum atomic E-state index is -2.99. The molecule has 3 aromatic carbocycles. The standard InChI is InChI=1S/C30H32O6S/c1-19-14-24(35-12-3-13-37(2,33)34)16-23-18-36-28-11-8-21(15-27(28)29(19)23)5-4-20-6-9-22(10-7-20)25-17-26(25)30(31)32/h6-11,14-16,25-26H,3-5,12-13,17-18H2,1-2H3,(H,31,32)/t25-,26+/m1/s1. The number of hydrogen-bond donors (Lipinski definition) is 1. The molecule has 194 valence electrons. The molecule has 2 atom stereocenters. The number of ether oxygens (including phenoxy) is 2. The molecular weight excluding hydrogens is 488 g/mol. The van der Waals surface area contributed by atoms with Crippen LogP contribution < -0.4 is 9.47 Å². The number of carboxylic acids is 1. The molecular formula is C30H32O6S. The van der Waals surface area contributed by atoms with Gasteiger partial charge in [0.15, 0.2) is 0 Å². The Balaban J connectivity index is 1.25. The first-order chi connectivity index (χ1) is 17.7. The maximum Gasteiger partial charge on any atom is 0.307 e. The molecule has 1 heterocycles. The average molecular weight is 521 g/mol. The Morgan fingerprint density at radius 3 is 2.49 bits per heavy atom. The molecule has 3 aromatic rings. The van der Waals surface area contributed by atoms with Gasteiger partial charge in [0.25, 0.3) is 0 Å². The summed E-state index contributed by atoms with van der Waals surface area (Å²) in [5, 5.41) is 9.16. The van der Waals surface area contributed by atoms with E-state index in [0.717, 1.165) is 53.0 Å². The maximum atomic E-state index is 11.3. The van der Waals surface area contributed by atoms with E-state index in [2.05, 4.69) is 43.3 Å². The molecule has 1 aliphatic heterocycles. The van der Waals surface area contributed by atoms with E-state index >= 15 is 0 Å². The number of aliphatic carboxylic acids is 1. The minimum Gasteiger partial charge on any atom is -0.494 e. The molecule has 1 aliphatic carbocycles. The molecule has 5 rings (SSSR count). The molecule has 0 amide bonds. The van der Waals surface area contributed by atoms with Crippen LogP contribution >= 0.6 is 0 Å². The number of rotatable bonds is 10. The van der Waals surface area contributed by atoms with Crippen LogP contribution in [-0.4, -0.2) is 38.1 Å². The number of fused-ring (bicyclic) bond motifs is 3. The highest BCUT2D eigenvalue weighted by Gasteiger charge is 2.43. The summed E-state index contributed by atoms with van der Waals surface area (Å²) in [6, 6.07) is 18.8. The number of hydrogen-bond acceptors (Lipinski definition) is 5. The van der Waals surface area contributed by atoms with Crippen LogP contribution in [0.4, 0.5) is 0 Å². The van der Waals surface area contributed by atoms with Gasteiger partial charge in [-0.25, -0.2) is 8.42 Å². The van der Waals surface area contributed by atoms with Gasteiger partial charge in [-0.1, -0.05) is 30.3 Å². The zero-order chi connectivity index (χ0) is 26.2. The highest BCUT2D eigenvalue weighted by atomic mass is 32.2. The van der Waals surface area contributed by atoms with Crippen LogP contribution in [-0.2, 0) is 34.1 Å². The molecule has 0 spiro atoms. The first kappa shape index (κ1) is 25.3. The Hall–Kier alpha value is -3.32. The summed E-state index contributed by atoms with van der Waals surface area (Å²) in [5.74, 6) is 0.966. The third-order valence-corrected chi connectivity index (χ3v) is 8.26. The van der Waals surface area contributed by atoms with Gasteiger partial charge in [-0.15, -0.1) is 0 Å². The molecule has 1 N–H and O–H groups in total. The smallest absolute Gasteiger partial charge is 0.307 e. The van der Waals surface area contributed by atoms with Crippen molar-refractivity contribution < 1.29 is 27.8 Å². The summed E-state index contributed by atoms with van der Waals surface area (Å²) in [6.07, 6.45) is 4.23. The SMILES string of the molecule is Cc1cc(OCCCS(C)(=O)=O)cc2c1-c1cc(CCc3ccc([C@H]4C[C@@H]4C(=O)O)cc3)ccc1OC2. The first-order valence-electron chi connectivity index (χ1n) is 12.7. The number of carbonyl (C=O) groups is 1. The normalized spacial score (nSPS) is 17.9.